The third-order valence-electron chi connectivity index (χ3n) is 3.80. The quantitative estimate of drug-likeness (QED) is 0.520. The highest BCUT2D eigenvalue weighted by Gasteiger charge is 2.40. The van der Waals surface area contributed by atoms with Gasteiger partial charge in [-0.2, -0.15) is 0 Å². The predicted octanol–water partition coefficient (Wildman–Crippen LogP) is 3.25. The molecule has 0 radical (unpaired) electrons. The van der Waals surface area contributed by atoms with Gasteiger partial charge in [-0.25, -0.2) is 0 Å². The first kappa shape index (κ1) is 8.98. The zero-order valence-electron chi connectivity index (χ0n) is 8.27. The van der Waals surface area contributed by atoms with Gasteiger partial charge < -0.3 is 0 Å². The van der Waals surface area contributed by atoms with Crippen molar-refractivity contribution in [3.63, 3.8) is 0 Å². The van der Waals surface area contributed by atoms with Crippen molar-refractivity contribution >= 4 is 5.78 Å². The number of Topliss-reactive ketones (excluding diaryl/α,β-unsaturated/α-hetero) is 1. The molecule has 0 bridgehead atoms. The lowest BCUT2D eigenvalue weighted by Gasteiger charge is -2.28. The second kappa shape index (κ2) is 3.28. The van der Waals surface area contributed by atoms with Crippen LogP contribution in [0.15, 0.2) is 12.2 Å². The molecule has 2 fully saturated rings. The molecule has 0 amide bonds. The molecule has 0 aliphatic heterocycles. The third-order valence-corrected chi connectivity index (χ3v) is 3.80. The molecule has 2 rings (SSSR count). The van der Waals surface area contributed by atoms with Crippen LogP contribution in [0.2, 0.25) is 0 Å². The van der Waals surface area contributed by atoms with Crippen molar-refractivity contribution in [3.05, 3.63) is 12.2 Å². The van der Waals surface area contributed by atoms with Gasteiger partial charge in [-0.05, 0) is 31.1 Å². The van der Waals surface area contributed by atoms with Gasteiger partial charge in [0.15, 0.2) is 0 Å². The summed E-state index contributed by atoms with van der Waals surface area (Å²) in [5.41, 5.74) is 1.61. The van der Waals surface area contributed by atoms with Crippen LogP contribution in [0.1, 0.15) is 51.4 Å². The summed E-state index contributed by atoms with van der Waals surface area (Å²) >= 11 is 0. The smallest absolute Gasteiger partial charge is 0.133 e. The molecular weight excluding hydrogens is 160 g/mol. The van der Waals surface area contributed by atoms with Gasteiger partial charge in [-0.3, -0.25) is 4.79 Å². The Balaban J connectivity index is 2.18. The van der Waals surface area contributed by atoms with Crippen LogP contribution in [0.5, 0.6) is 0 Å². The number of allylic oxidation sites excluding steroid dienone is 1. The van der Waals surface area contributed by atoms with Gasteiger partial charge in [0.05, 0.1) is 0 Å². The molecule has 0 saturated heterocycles. The Morgan fingerprint density at radius 2 is 1.92 bits per heavy atom. The molecule has 72 valence electrons. The Bertz CT molecular complexity index is 242. The number of ketones is 1. The fourth-order valence-electron chi connectivity index (χ4n) is 2.87. The molecule has 0 aromatic carbocycles. The molecule has 0 aromatic heterocycles. The summed E-state index contributed by atoms with van der Waals surface area (Å²) in [5.74, 6) is 0.461. The van der Waals surface area contributed by atoms with Crippen LogP contribution in [0.25, 0.3) is 0 Å². The Morgan fingerprint density at radius 3 is 2.62 bits per heavy atom. The number of carbonyl (C=O) groups is 1. The highest BCUT2D eigenvalue weighted by molar-refractivity contribution is 5.82. The fourth-order valence-corrected chi connectivity index (χ4v) is 2.87. The van der Waals surface area contributed by atoms with Crippen LogP contribution in [0.4, 0.5) is 0 Å². The molecule has 2 aliphatic carbocycles. The summed E-state index contributed by atoms with van der Waals surface area (Å²) in [5, 5.41) is 0. The number of hydrogen-bond acceptors (Lipinski definition) is 1. The summed E-state index contributed by atoms with van der Waals surface area (Å²) < 4.78 is 0. The first-order chi connectivity index (χ1) is 6.23. The van der Waals surface area contributed by atoms with Crippen LogP contribution >= 0.6 is 0 Å². The van der Waals surface area contributed by atoms with Gasteiger partial charge in [0.2, 0.25) is 0 Å². The zero-order chi connectivity index (χ0) is 9.31. The molecule has 0 heterocycles. The van der Waals surface area contributed by atoms with E-state index in [4.69, 9.17) is 0 Å². The zero-order valence-corrected chi connectivity index (χ0v) is 8.27. The van der Waals surface area contributed by atoms with Crippen LogP contribution in [-0.4, -0.2) is 5.78 Å². The monoisotopic (exact) mass is 178 g/mol. The molecule has 1 heteroatoms. The van der Waals surface area contributed by atoms with Crippen molar-refractivity contribution < 1.29 is 4.79 Å². The minimum absolute atomic E-state index is 0.244. The van der Waals surface area contributed by atoms with E-state index >= 15 is 0 Å². The van der Waals surface area contributed by atoms with Crippen molar-refractivity contribution in [1.29, 1.82) is 0 Å². The predicted molar refractivity (Wildman–Crippen MR) is 53.5 cm³/mol. The van der Waals surface area contributed by atoms with E-state index in [1.807, 2.05) is 0 Å². The largest absolute Gasteiger partial charge is 0.300 e. The molecule has 13 heavy (non-hydrogen) atoms. The summed E-state index contributed by atoms with van der Waals surface area (Å²) in [7, 11) is 0. The van der Waals surface area contributed by atoms with Crippen molar-refractivity contribution in [3.8, 4) is 0 Å². The van der Waals surface area contributed by atoms with Gasteiger partial charge in [0, 0.05) is 12.8 Å². The maximum absolute atomic E-state index is 11.3. The maximum Gasteiger partial charge on any atom is 0.133 e. The van der Waals surface area contributed by atoms with Gasteiger partial charge in [0.25, 0.3) is 0 Å². The normalized spacial score (nSPS) is 35.4. The molecule has 0 aromatic rings. The summed E-state index contributed by atoms with van der Waals surface area (Å²) in [6, 6.07) is 0. The van der Waals surface area contributed by atoms with Gasteiger partial charge >= 0.3 is 0 Å². The van der Waals surface area contributed by atoms with E-state index in [1.54, 1.807) is 0 Å². The van der Waals surface area contributed by atoms with Crippen molar-refractivity contribution in [2.45, 2.75) is 51.4 Å². The molecule has 1 atom stereocenters. The first-order valence-corrected chi connectivity index (χ1v) is 5.43. The average Bonchev–Trinajstić information content (AvgIpc) is 2.38. The minimum Gasteiger partial charge on any atom is -0.300 e. The van der Waals surface area contributed by atoms with Crippen LogP contribution < -0.4 is 0 Å². The third kappa shape index (κ3) is 1.56. The minimum atomic E-state index is 0.244. The molecule has 1 spiro atoms. The lowest BCUT2D eigenvalue weighted by molar-refractivity contribution is -0.117. The lowest BCUT2D eigenvalue weighted by Crippen LogP contribution is -2.18. The lowest BCUT2D eigenvalue weighted by atomic mass is 9.75. The van der Waals surface area contributed by atoms with E-state index in [0.717, 1.165) is 25.7 Å². The van der Waals surface area contributed by atoms with Crippen molar-refractivity contribution in [1.82, 2.24) is 0 Å². The van der Waals surface area contributed by atoms with E-state index in [1.165, 1.54) is 31.3 Å². The van der Waals surface area contributed by atoms with E-state index < -0.39 is 0 Å². The second-order valence-electron chi connectivity index (χ2n) is 4.66. The summed E-state index contributed by atoms with van der Waals surface area (Å²) in [4.78, 5) is 11.3. The highest BCUT2D eigenvalue weighted by atomic mass is 16.1. The molecule has 0 N–H and O–H groups in total. The SMILES string of the molecule is C=C1CCCCCC12CCC(=O)C2. The van der Waals surface area contributed by atoms with Crippen LogP contribution in [-0.2, 0) is 4.79 Å². The average molecular weight is 178 g/mol. The highest BCUT2D eigenvalue weighted by Crippen LogP contribution is 2.49. The van der Waals surface area contributed by atoms with E-state index in [0.29, 0.717) is 5.78 Å². The molecule has 1 unspecified atom stereocenters. The molecular formula is C12H18O. The Hall–Kier alpha value is -0.590. The number of hydrogen-bond donors (Lipinski definition) is 0. The molecule has 2 saturated carbocycles. The summed E-state index contributed by atoms with van der Waals surface area (Å²) in [6.45, 7) is 4.19. The van der Waals surface area contributed by atoms with Crippen LogP contribution in [0.3, 0.4) is 0 Å². The standard InChI is InChI=1S/C12H18O/c1-10-5-3-2-4-7-12(10)8-6-11(13)9-12/h1-9H2. The van der Waals surface area contributed by atoms with Gasteiger partial charge in [-0.15, -0.1) is 0 Å². The van der Waals surface area contributed by atoms with Gasteiger partial charge in [-0.1, -0.05) is 25.0 Å². The first-order valence-electron chi connectivity index (χ1n) is 5.43. The Morgan fingerprint density at radius 1 is 1.08 bits per heavy atom. The van der Waals surface area contributed by atoms with Gasteiger partial charge in [0.1, 0.15) is 5.78 Å². The van der Waals surface area contributed by atoms with Crippen molar-refractivity contribution in [2.75, 3.05) is 0 Å². The molecule has 1 nitrogen and oxygen atoms in total. The molecule has 2 aliphatic rings. The van der Waals surface area contributed by atoms with E-state index in [9.17, 15) is 4.79 Å². The van der Waals surface area contributed by atoms with E-state index in [-0.39, 0.29) is 5.41 Å². The second-order valence-corrected chi connectivity index (χ2v) is 4.66. The van der Waals surface area contributed by atoms with Crippen molar-refractivity contribution in [2.24, 2.45) is 5.41 Å². The number of carbonyl (C=O) groups excluding carboxylic acids is 1. The maximum atomic E-state index is 11.3. The Labute approximate surface area is 80.2 Å². The van der Waals surface area contributed by atoms with E-state index in [2.05, 4.69) is 6.58 Å². The summed E-state index contributed by atoms with van der Waals surface area (Å²) in [6.07, 6.45) is 8.98. The Kier molecular flexibility index (Phi) is 2.27. The fraction of sp³-hybridized carbons (Fsp3) is 0.750. The topological polar surface area (TPSA) is 17.1 Å². The van der Waals surface area contributed by atoms with Crippen LogP contribution in [0, 0.1) is 5.41 Å². The number of rotatable bonds is 0.